The van der Waals surface area contributed by atoms with E-state index in [4.69, 9.17) is 4.74 Å². The predicted molar refractivity (Wildman–Crippen MR) is 110 cm³/mol. The number of pyridine rings is 1. The summed E-state index contributed by atoms with van der Waals surface area (Å²) in [5.74, 6) is 1.51. The number of hydrogen-bond acceptors (Lipinski definition) is 4. The van der Waals surface area contributed by atoms with Gasteiger partial charge in [0.1, 0.15) is 11.6 Å². The molecule has 0 aliphatic carbocycles. The highest BCUT2D eigenvalue weighted by Gasteiger charge is 2.18. The summed E-state index contributed by atoms with van der Waals surface area (Å²) in [6.07, 6.45) is 2.87. The van der Waals surface area contributed by atoms with E-state index in [2.05, 4.69) is 38.5 Å². The van der Waals surface area contributed by atoms with Gasteiger partial charge >= 0.3 is 0 Å². The van der Waals surface area contributed by atoms with Crippen LogP contribution in [0.1, 0.15) is 18.1 Å². The Labute approximate surface area is 165 Å². The summed E-state index contributed by atoms with van der Waals surface area (Å²) < 4.78 is 18.6. The van der Waals surface area contributed by atoms with Gasteiger partial charge in [-0.05, 0) is 48.7 Å². The zero-order chi connectivity index (χ0) is 19.8. The van der Waals surface area contributed by atoms with Crippen LogP contribution in [0.5, 0.6) is 0 Å². The van der Waals surface area contributed by atoms with Gasteiger partial charge in [0, 0.05) is 39.4 Å². The van der Waals surface area contributed by atoms with Crippen molar-refractivity contribution in [3.63, 3.8) is 0 Å². The summed E-state index contributed by atoms with van der Waals surface area (Å²) in [5, 5.41) is 6.62. The summed E-state index contributed by atoms with van der Waals surface area (Å²) >= 11 is 0. The van der Waals surface area contributed by atoms with Gasteiger partial charge in [-0.2, -0.15) is 0 Å². The van der Waals surface area contributed by atoms with Crippen molar-refractivity contribution in [3.05, 3.63) is 59.5 Å². The number of aromatic nitrogens is 1. The van der Waals surface area contributed by atoms with E-state index in [0.29, 0.717) is 6.54 Å². The maximum absolute atomic E-state index is 13.0. The Morgan fingerprint density at radius 2 is 2.07 bits per heavy atom. The lowest BCUT2D eigenvalue weighted by atomic mass is 10.1. The van der Waals surface area contributed by atoms with Crippen LogP contribution in [0.2, 0.25) is 0 Å². The molecule has 1 aliphatic heterocycles. The molecule has 0 radical (unpaired) electrons. The van der Waals surface area contributed by atoms with Crippen molar-refractivity contribution in [2.24, 2.45) is 4.99 Å². The smallest absolute Gasteiger partial charge is 0.191 e. The van der Waals surface area contributed by atoms with Crippen molar-refractivity contribution in [1.82, 2.24) is 15.6 Å². The molecule has 1 fully saturated rings. The monoisotopic (exact) mass is 385 g/mol. The number of morpholine rings is 1. The fraction of sp³-hybridized carbons (Fsp3) is 0.429. The molecule has 28 heavy (non-hydrogen) atoms. The molecule has 0 amide bonds. The van der Waals surface area contributed by atoms with Crippen LogP contribution in [0, 0.1) is 5.82 Å². The van der Waals surface area contributed by atoms with E-state index in [9.17, 15) is 4.39 Å². The number of ether oxygens (including phenoxy) is 1. The second-order valence-electron chi connectivity index (χ2n) is 6.88. The second-order valence-corrected chi connectivity index (χ2v) is 6.88. The van der Waals surface area contributed by atoms with Crippen LogP contribution in [-0.2, 0) is 17.7 Å². The Morgan fingerprint density at radius 1 is 1.25 bits per heavy atom. The van der Waals surface area contributed by atoms with Gasteiger partial charge in [0.15, 0.2) is 5.96 Å². The van der Waals surface area contributed by atoms with Crippen molar-refractivity contribution in [1.29, 1.82) is 0 Å². The van der Waals surface area contributed by atoms with Gasteiger partial charge in [0.25, 0.3) is 0 Å². The van der Waals surface area contributed by atoms with Crippen molar-refractivity contribution >= 4 is 11.8 Å². The third-order valence-electron chi connectivity index (χ3n) is 4.68. The molecule has 3 rings (SSSR count). The van der Waals surface area contributed by atoms with Gasteiger partial charge in [0.05, 0.1) is 12.7 Å². The Balaban J connectivity index is 1.48. The maximum atomic E-state index is 13.0. The lowest BCUT2D eigenvalue weighted by molar-refractivity contribution is 0.0529. The van der Waals surface area contributed by atoms with Gasteiger partial charge in [-0.25, -0.2) is 9.37 Å². The van der Waals surface area contributed by atoms with Crippen LogP contribution >= 0.6 is 0 Å². The molecule has 2 heterocycles. The SMILES string of the molecule is CN=C(NCCc1ccc(F)cc1)NCc1ccnc(N2CCOC(C)C2)c1. The first-order valence-electron chi connectivity index (χ1n) is 9.64. The lowest BCUT2D eigenvalue weighted by Crippen LogP contribution is -2.41. The Bertz CT molecular complexity index is 781. The molecule has 0 spiro atoms. The van der Waals surface area contributed by atoms with E-state index >= 15 is 0 Å². The largest absolute Gasteiger partial charge is 0.375 e. The molecule has 1 saturated heterocycles. The molecule has 1 aromatic carbocycles. The van der Waals surface area contributed by atoms with E-state index in [-0.39, 0.29) is 11.9 Å². The average molecular weight is 385 g/mol. The number of benzene rings is 1. The normalized spacial score (nSPS) is 17.5. The number of nitrogens with one attached hydrogen (secondary N) is 2. The molecule has 6 nitrogen and oxygen atoms in total. The number of guanidine groups is 1. The molecule has 0 bridgehead atoms. The lowest BCUT2D eigenvalue weighted by Gasteiger charge is -2.32. The van der Waals surface area contributed by atoms with Crippen molar-refractivity contribution in [3.8, 4) is 0 Å². The van der Waals surface area contributed by atoms with Gasteiger partial charge < -0.3 is 20.3 Å². The first kappa shape index (κ1) is 20.1. The number of nitrogens with zero attached hydrogens (tertiary/aromatic N) is 3. The fourth-order valence-electron chi connectivity index (χ4n) is 3.15. The molecule has 7 heteroatoms. The third-order valence-corrected chi connectivity index (χ3v) is 4.68. The number of halogens is 1. The predicted octanol–water partition coefficient (Wildman–Crippen LogP) is 2.35. The highest BCUT2D eigenvalue weighted by atomic mass is 19.1. The van der Waals surface area contributed by atoms with E-state index in [1.165, 1.54) is 12.1 Å². The molecular weight excluding hydrogens is 357 g/mol. The highest BCUT2D eigenvalue weighted by Crippen LogP contribution is 2.16. The van der Waals surface area contributed by atoms with Crippen LogP contribution in [0.3, 0.4) is 0 Å². The number of rotatable bonds is 6. The Hall–Kier alpha value is -2.67. The van der Waals surface area contributed by atoms with Gasteiger partial charge in [0.2, 0.25) is 0 Å². The number of aliphatic imine (C=N–C) groups is 1. The molecule has 0 saturated carbocycles. The summed E-state index contributed by atoms with van der Waals surface area (Å²) in [6, 6.07) is 10.7. The first-order chi connectivity index (χ1) is 13.6. The van der Waals surface area contributed by atoms with E-state index < -0.39 is 0 Å². The summed E-state index contributed by atoms with van der Waals surface area (Å²) in [6.45, 7) is 5.91. The number of hydrogen-bond donors (Lipinski definition) is 2. The molecule has 1 unspecified atom stereocenters. The van der Waals surface area contributed by atoms with Crippen molar-refractivity contribution in [2.45, 2.75) is 26.0 Å². The zero-order valence-corrected chi connectivity index (χ0v) is 16.5. The van der Waals surface area contributed by atoms with Crippen molar-refractivity contribution in [2.75, 3.05) is 38.2 Å². The minimum Gasteiger partial charge on any atom is -0.375 e. The van der Waals surface area contributed by atoms with Crippen LogP contribution in [0.25, 0.3) is 0 Å². The standard InChI is InChI=1S/C21H28FN5O/c1-16-15-27(11-12-28-16)20-13-18(8-9-24-20)14-26-21(23-2)25-10-7-17-3-5-19(22)6-4-17/h3-6,8-9,13,16H,7,10-12,14-15H2,1-2H3,(H2,23,25,26). The molecule has 150 valence electrons. The average Bonchev–Trinajstić information content (AvgIpc) is 2.72. The quantitative estimate of drug-likeness (QED) is 0.590. The maximum Gasteiger partial charge on any atom is 0.191 e. The Morgan fingerprint density at radius 3 is 2.82 bits per heavy atom. The van der Waals surface area contributed by atoms with E-state index in [1.54, 1.807) is 19.2 Å². The Kier molecular flexibility index (Phi) is 7.19. The van der Waals surface area contributed by atoms with Crippen molar-refractivity contribution < 1.29 is 9.13 Å². The van der Waals surface area contributed by atoms with Gasteiger partial charge in [-0.1, -0.05) is 12.1 Å². The minimum absolute atomic E-state index is 0.211. The molecule has 1 aromatic heterocycles. The topological polar surface area (TPSA) is 61.8 Å². The van der Waals surface area contributed by atoms with Gasteiger partial charge in [-0.3, -0.25) is 4.99 Å². The second kappa shape index (κ2) is 10.0. The number of anilines is 1. The summed E-state index contributed by atoms with van der Waals surface area (Å²) in [7, 11) is 1.75. The molecule has 1 atom stereocenters. The van der Waals surface area contributed by atoms with Crippen LogP contribution in [0.15, 0.2) is 47.6 Å². The summed E-state index contributed by atoms with van der Waals surface area (Å²) in [5.41, 5.74) is 2.23. The zero-order valence-electron chi connectivity index (χ0n) is 16.5. The fourth-order valence-corrected chi connectivity index (χ4v) is 3.15. The third kappa shape index (κ3) is 5.92. The van der Waals surface area contributed by atoms with Crippen LogP contribution < -0.4 is 15.5 Å². The first-order valence-corrected chi connectivity index (χ1v) is 9.64. The molecule has 2 aromatic rings. The van der Waals surface area contributed by atoms with E-state index in [0.717, 1.165) is 55.6 Å². The van der Waals surface area contributed by atoms with Crippen LogP contribution in [0.4, 0.5) is 10.2 Å². The van der Waals surface area contributed by atoms with Gasteiger partial charge in [-0.15, -0.1) is 0 Å². The minimum atomic E-state index is -0.211. The molecular formula is C21H28FN5O. The molecule has 1 aliphatic rings. The van der Waals surface area contributed by atoms with Crippen LogP contribution in [-0.4, -0.2) is 50.3 Å². The highest BCUT2D eigenvalue weighted by molar-refractivity contribution is 5.79. The van der Waals surface area contributed by atoms with E-state index in [1.807, 2.05) is 12.3 Å². The summed E-state index contributed by atoms with van der Waals surface area (Å²) in [4.78, 5) is 11.0. The molecule has 2 N–H and O–H groups in total.